The lowest BCUT2D eigenvalue weighted by atomic mass is 9.88. The molecule has 2 unspecified atom stereocenters. The number of carbonyl (C=O) groups is 3. The first kappa shape index (κ1) is 41.4. The zero-order valence-electron chi connectivity index (χ0n) is 25.5. The molecule has 1 saturated heterocycles. The fourth-order valence-electron chi connectivity index (χ4n) is 4.25. The van der Waals surface area contributed by atoms with Crippen LogP contribution in [0.4, 0.5) is 5.82 Å². The summed E-state index contributed by atoms with van der Waals surface area (Å²) in [6.45, 7) is -1.19. The van der Waals surface area contributed by atoms with Crippen LogP contribution in [0.1, 0.15) is 32.6 Å². The van der Waals surface area contributed by atoms with Crippen LogP contribution in [-0.4, -0.2) is 137 Å². The number of thiol groups is 1. The van der Waals surface area contributed by atoms with Gasteiger partial charge in [0.15, 0.2) is 0 Å². The van der Waals surface area contributed by atoms with Crippen molar-refractivity contribution in [1.82, 2.24) is 20.2 Å². The highest BCUT2D eigenvalue weighted by atomic mass is 32.1. The average molecular weight is 733 g/mol. The zero-order chi connectivity index (χ0) is 36.4. The number of anilines is 1. The summed E-state index contributed by atoms with van der Waals surface area (Å²) < 4.78 is 33.7. The maximum Gasteiger partial charge on any atom is 0.475 e. The molecule has 0 bridgehead atoms. The van der Waals surface area contributed by atoms with E-state index < -0.39 is 112 Å². The van der Waals surface area contributed by atoms with Gasteiger partial charge in [0, 0.05) is 25.6 Å². The van der Waals surface area contributed by atoms with Gasteiger partial charge in [-0.15, -0.1) is 0 Å². The van der Waals surface area contributed by atoms with Crippen LogP contribution in [0, 0.1) is 0 Å². The Morgan fingerprint density at radius 3 is 2.50 bits per heavy atom. The molecule has 24 heteroatoms. The smallest absolute Gasteiger partial charge is 0.475 e. The number of hydrogen-bond acceptors (Lipinski definition) is 18. The molecule has 1 aromatic heterocycles. The van der Waals surface area contributed by atoms with E-state index in [0.29, 0.717) is 16.7 Å². The normalized spacial score (nSPS) is 25.6. The van der Waals surface area contributed by atoms with Crippen molar-refractivity contribution in [3.05, 3.63) is 22.7 Å². The zero-order valence-corrected chi connectivity index (χ0v) is 27.3. The highest BCUT2D eigenvalue weighted by Gasteiger charge is 2.58. The Morgan fingerprint density at radius 1 is 1.27 bits per heavy atom. The summed E-state index contributed by atoms with van der Waals surface area (Å²) in [7, 11) is -5.59. The Kier molecular flexibility index (Phi) is 15.8. The maximum absolute atomic E-state index is 13.0. The second-order valence-electron chi connectivity index (χ2n) is 10.5. The van der Waals surface area contributed by atoms with Crippen molar-refractivity contribution in [3.63, 3.8) is 0 Å². The summed E-state index contributed by atoms with van der Waals surface area (Å²) in [5.74, 6) is -6.57. The first-order valence-corrected chi connectivity index (χ1v) is 16.4. The summed E-state index contributed by atoms with van der Waals surface area (Å²) in [5.41, 5.74) is 9.72. The first-order valence-electron chi connectivity index (χ1n) is 14.2. The van der Waals surface area contributed by atoms with Crippen LogP contribution < -0.4 is 27.8 Å². The van der Waals surface area contributed by atoms with E-state index in [9.17, 15) is 59.3 Å². The standard InChI is InChI=1S/C24H41N6O16PS/c1-11(31)14(44-23(40)30-5-4-15(26)28-22(30)39)10-43-47(41,42)46-24(21(37)38)7-12(32)18(20(45-24)19(36)13(33)8-25)29-17(35)9-27-16(34)3-2-6-48/h4-5,11-14,18-20,23,31-33,36,40,48H,2-3,6-10,25H2,1H3,(H,27,34)(H,29,35)(H,37,38)(H,41,42)(H2,26,28,39)/t11-,12-,13-,14-,18-,19-,20?,23+,24-/m1/s1. The van der Waals surface area contributed by atoms with Crippen molar-refractivity contribution in [1.29, 1.82) is 0 Å². The van der Waals surface area contributed by atoms with Gasteiger partial charge in [-0.25, -0.2) is 23.2 Å². The summed E-state index contributed by atoms with van der Waals surface area (Å²) in [4.78, 5) is 62.6. The molecule has 0 spiro atoms. The summed E-state index contributed by atoms with van der Waals surface area (Å²) >= 11 is 3.98. The largest absolute Gasteiger partial charge is 0.477 e. The van der Waals surface area contributed by atoms with Crippen LogP contribution in [0.2, 0.25) is 0 Å². The fraction of sp³-hybridized carbons (Fsp3) is 0.708. The van der Waals surface area contributed by atoms with Crippen LogP contribution in [0.3, 0.4) is 0 Å². The number of nitrogens with one attached hydrogen (secondary N) is 2. The second kappa shape index (κ2) is 18.3. The van der Waals surface area contributed by atoms with E-state index in [1.807, 2.05) is 0 Å². The molecular formula is C24H41N6O16PS. The molecule has 0 saturated carbocycles. The van der Waals surface area contributed by atoms with Crippen LogP contribution in [0.5, 0.6) is 0 Å². The van der Waals surface area contributed by atoms with Gasteiger partial charge < -0.3 is 67.1 Å². The van der Waals surface area contributed by atoms with E-state index >= 15 is 0 Å². The van der Waals surface area contributed by atoms with Crippen molar-refractivity contribution in [2.24, 2.45) is 5.73 Å². The molecule has 2 rings (SSSR count). The number of aliphatic hydroxyl groups excluding tert-OH is 5. The van der Waals surface area contributed by atoms with Crippen LogP contribution in [0.15, 0.2) is 17.1 Å². The van der Waals surface area contributed by atoms with Crippen molar-refractivity contribution in [2.45, 2.75) is 81.1 Å². The van der Waals surface area contributed by atoms with Crippen molar-refractivity contribution in [3.8, 4) is 0 Å². The summed E-state index contributed by atoms with van der Waals surface area (Å²) in [5, 5.41) is 66.7. The number of hydrogen-bond donors (Lipinski definition) is 12. The summed E-state index contributed by atoms with van der Waals surface area (Å²) in [6, 6.07) is -0.544. The quantitative estimate of drug-likeness (QED) is 0.0360. The van der Waals surface area contributed by atoms with E-state index in [-0.39, 0.29) is 12.2 Å². The Hall–Kier alpha value is -2.77. The van der Waals surface area contributed by atoms with E-state index in [4.69, 9.17) is 30.0 Å². The monoisotopic (exact) mass is 732 g/mol. The molecule has 48 heavy (non-hydrogen) atoms. The van der Waals surface area contributed by atoms with Gasteiger partial charge in [-0.2, -0.15) is 17.6 Å². The number of nitrogen functional groups attached to an aromatic ring is 1. The highest BCUT2D eigenvalue weighted by Crippen LogP contribution is 2.51. The molecule has 0 aromatic carbocycles. The van der Waals surface area contributed by atoms with Crippen molar-refractivity contribution < 1.29 is 73.0 Å². The maximum atomic E-state index is 13.0. The highest BCUT2D eigenvalue weighted by molar-refractivity contribution is 7.80. The Morgan fingerprint density at radius 2 is 1.94 bits per heavy atom. The number of nitrogens with two attached hydrogens (primary N) is 2. The molecule has 22 nitrogen and oxygen atoms in total. The molecule has 2 amide bonds. The summed E-state index contributed by atoms with van der Waals surface area (Å²) in [6.07, 6.45) is -13.0. The van der Waals surface area contributed by atoms with Gasteiger partial charge in [0.1, 0.15) is 24.1 Å². The lowest BCUT2D eigenvalue weighted by Crippen LogP contribution is -2.68. The van der Waals surface area contributed by atoms with Crippen molar-refractivity contribution in [2.75, 3.05) is 31.2 Å². The van der Waals surface area contributed by atoms with Gasteiger partial charge in [0.25, 0.3) is 5.79 Å². The van der Waals surface area contributed by atoms with Gasteiger partial charge in [-0.3, -0.25) is 14.1 Å². The molecule has 1 aliphatic rings. The third-order valence-electron chi connectivity index (χ3n) is 6.80. The van der Waals surface area contributed by atoms with Crippen molar-refractivity contribution >= 4 is 44.1 Å². The average Bonchev–Trinajstić information content (AvgIpc) is 3.00. The number of aromatic nitrogens is 2. The Balaban J connectivity index is 2.25. The number of ether oxygens (including phenoxy) is 2. The minimum atomic E-state index is -5.59. The minimum absolute atomic E-state index is 0.0580. The Bertz CT molecular complexity index is 1360. The second-order valence-corrected chi connectivity index (χ2v) is 12.4. The molecule has 274 valence electrons. The number of carbonyl (C=O) groups excluding carboxylic acids is 2. The topological polar surface area (TPSA) is 358 Å². The van der Waals surface area contributed by atoms with Gasteiger partial charge in [-0.1, -0.05) is 0 Å². The number of carboxylic acids is 1. The molecule has 13 N–H and O–H groups in total. The lowest BCUT2D eigenvalue weighted by Gasteiger charge is -2.46. The molecule has 0 radical (unpaired) electrons. The first-order chi connectivity index (χ1) is 22.4. The van der Waals surface area contributed by atoms with Gasteiger partial charge in [-0.05, 0) is 25.2 Å². The molecular weight excluding hydrogens is 691 g/mol. The molecule has 1 aliphatic heterocycles. The number of phosphoric acid groups is 1. The number of phosphoric ester groups is 1. The SMILES string of the molecule is C[C@@H](O)[C@@H](COP(=O)(O)O[C@@]1(C(=O)O)C[C@@H](O)[C@@H](NC(=O)CNC(=O)CCCS)C([C@H](O)[C@H](O)CN)O1)O[C@H](O)n1ccc(N)nc1=O. The van der Waals surface area contributed by atoms with Crippen LogP contribution in [0.25, 0.3) is 0 Å². The van der Waals surface area contributed by atoms with E-state index in [1.165, 1.54) is 0 Å². The predicted molar refractivity (Wildman–Crippen MR) is 163 cm³/mol. The minimum Gasteiger partial charge on any atom is -0.477 e. The number of amides is 2. The third kappa shape index (κ3) is 11.7. The number of nitrogens with zero attached hydrogens (tertiary/aromatic N) is 2. The van der Waals surface area contributed by atoms with E-state index in [2.05, 4.69) is 28.2 Å². The lowest BCUT2D eigenvalue weighted by molar-refractivity contribution is -0.288. The predicted octanol–water partition coefficient (Wildman–Crippen LogP) is -4.90. The molecule has 1 fully saturated rings. The molecule has 1 aromatic rings. The number of aliphatic hydroxyl groups is 5. The van der Waals surface area contributed by atoms with Crippen LogP contribution in [-0.2, 0) is 37.5 Å². The van der Waals surface area contributed by atoms with E-state index in [1.54, 1.807) is 0 Å². The third-order valence-corrected chi connectivity index (χ3v) is 8.11. The van der Waals surface area contributed by atoms with Crippen LogP contribution >= 0.6 is 20.5 Å². The number of carboxylic acid groups (broad SMARTS) is 1. The fourth-order valence-corrected chi connectivity index (χ4v) is 5.36. The molecule has 10 atom stereocenters. The molecule has 2 heterocycles. The van der Waals surface area contributed by atoms with Gasteiger partial charge in [0.05, 0.1) is 37.5 Å². The number of rotatable bonds is 19. The van der Waals surface area contributed by atoms with E-state index in [0.717, 1.165) is 19.2 Å². The number of aliphatic carboxylic acids is 1. The van der Waals surface area contributed by atoms with Gasteiger partial charge >= 0.3 is 19.5 Å². The Labute approximate surface area is 278 Å². The van der Waals surface area contributed by atoms with Gasteiger partial charge in [0.2, 0.25) is 18.2 Å². The molecule has 0 aliphatic carbocycles.